The summed E-state index contributed by atoms with van der Waals surface area (Å²) in [5.41, 5.74) is 0.221. The Kier molecular flexibility index (Phi) is 6.62. The zero-order valence-corrected chi connectivity index (χ0v) is 16.5. The number of aromatic nitrogens is 2. The van der Waals surface area contributed by atoms with Crippen LogP contribution in [0.1, 0.15) is 38.5 Å². The largest absolute Gasteiger partial charge is 0.343 e. The van der Waals surface area contributed by atoms with Crippen molar-refractivity contribution in [1.82, 2.24) is 19.4 Å². The SMILES string of the molecule is CSCCC(=O)N1CCC2(CCC(=O)N(CCCn3ccnc3)C2)CC1. The Balaban J connectivity index is 1.48. The summed E-state index contributed by atoms with van der Waals surface area (Å²) in [6, 6.07) is 0. The number of hydrogen-bond donors (Lipinski definition) is 0. The average molecular weight is 379 g/mol. The van der Waals surface area contributed by atoms with Crippen molar-refractivity contribution in [2.45, 2.75) is 45.1 Å². The second-order valence-corrected chi connectivity index (χ2v) is 8.58. The van der Waals surface area contributed by atoms with Crippen molar-refractivity contribution in [3.05, 3.63) is 18.7 Å². The fourth-order valence-corrected chi connectivity index (χ4v) is 4.53. The van der Waals surface area contributed by atoms with Crippen LogP contribution in [0.2, 0.25) is 0 Å². The highest BCUT2D eigenvalue weighted by Crippen LogP contribution is 2.40. The van der Waals surface area contributed by atoms with Crippen LogP contribution >= 0.6 is 11.8 Å². The van der Waals surface area contributed by atoms with Crippen LogP contribution < -0.4 is 0 Å². The van der Waals surface area contributed by atoms with E-state index in [1.165, 1.54) is 0 Å². The molecule has 6 nitrogen and oxygen atoms in total. The number of amides is 2. The van der Waals surface area contributed by atoms with Gasteiger partial charge in [0.15, 0.2) is 0 Å². The minimum absolute atomic E-state index is 0.221. The summed E-state index contributed by atoms with van der Waals surface area (Å²) < 4.78 is 2.06. The minimum atomic E-state index is 0.221. The molecule has 144 valence electrons. The zero-order chi connectivity index (χ0) is 18.4. The van der Waals surface area contributed by atoms with Crippen molar-refractivity contribution in [2.24, 2.45) is 5.41 Å². The number of carbonyl (C=O) groups excluding carboxylic acids is 2. The molecule has 7 heteroatoms. The normalized spacial score (nSPS) is 20.0. The molecule has 0 radical (unpaired) electrons. The summed E-state index contributed by atoms with van der Waals surface area (Å²) in [4.78, 5) is 32.7. The highest BCUT2D eigenvalue weighted by Gasteiger charge is 2.41. The van der Waals surface area contributed by atoms with Crippen LogP contribution in [0.3, 0.4) is 0 Å². The van der Waals surface area contributed by atoms with Crippen molar-refractivity contribution in [1.29, 1.82) is 0 Å². The van der Waals surface area contributed by atoms with E-state index in [-0.39, 0.29) is 5.41 Å². The van der Waals surface area contributed by atoms with E-state index in [0.717, 1.165) is 64.2 Å². The van der Waals surface area contributed by atoms with Gasteiger partial charge in [-0.2, -0.15) is 11.8 Å². The second-order valence-electron chi connectivity index (χ2n) is 7.59. The summed E-state index contributed by atoms with van der Waals surface area (Å²) in [6.45, 7) is 4.28. The van der Waals surface area contributed by atoms with E-state index in [9.17, 15) is 9.59 Å². The molecule has 1 aromatic heterocycles. The molecule has 2 saturated heterocycles. The number of nitrogens with zero attached hydrogens (tertiary/aromatic N) is 4. The Morgan fingerprint density at radius 2 is 2.08 bits per heavy atom. The molecule has 1 spiro atoms. The second kappa shape index (κ2) is 8.93. The van der Waals surface area contributed by atoms with Gasteiger partial charge in [-0.25, -0.2) is 4.98 Å². The van der Waals surface area contributed by atoms with Gasteiger partial charge in [-0.15, -0.1) is 0 Å². The number of carbonyl (C=O) groups is 2. The van der Waals surface area contributed by atoms with E-state index in [2.05, 4.69) is 14.5 Å². The van der Waals surface area contributed by atoms with E-state index >= 15 is 0 Å². The molecule has 0 saturated carbocycles. The van der Waals surface area contributed by atoms with E-state index in [1.54, 1.807) is 18.0 Å². The van der Waals surface area contributed by atoms with E-state index in [4.69, 9.17) is 0 Å². The van der Waals surface area contributed by atoms with Crippen LogP contribution in [-0.4, -0.2) is 69.4 Å². The summed E-state index contributed by atoms with van der Waals surface area (Å²) in [5, 5.41) is 0. The predicted molar refractivity (Wildman–Crippen MR) is 104 cm³/mol. The molecule has 26 heavy (non-hydrogen) atoms. The summed E-state index contributed by atoms with van der Waals surface area (Å²) in [7, 11) is 0. The first-order valence-electron chi connectivity index (χ1n) is 9.62. The molecule has 2 fully saturated rings. The Morgan fingerprint density at radius 3 is 2.77 bits per heavy atom. The molecule has 0 unspecified atom stereocenters. The van der Waals surface area contributed by atoms with Gasteiger partial charge in [0.2, 0.25) is 11.8 Å². The number of likely N-dealkylation sites (tertiary alicyclic amines) is 2. The predicted octanol–water partition coefficient (Wildman–Crippen LogP) is 2.26. The smallest absolute Gasteiger partial charge is 0.223 e. The van der Waals surface area contributed by atoms with Gasteiger partial charge in [-0.1, -0.05) is 0 Å². The van der Waals surface area contributed by atoms with Gasteiger partial charge in [0, 0.05) is 63.7 Å². The van der Waals surface area contributed by atoms with Crippen LogP contribution in [0.4, 0.5) is 0 Å². The van der Waals surface area contributed by atoms with Gasteiger partial charge in [0.25, 0.3) is 0 Å². The number of aryl methyl sites for hydroxylation is 1. The average Bonchev–Trinajstić information content (AvgIpc) is 3.17. The first-order valence-corrected chi connectivity index (χ1v) is 11.0. The first-order chi connectivity index (χ1) is 12.6. The van der Waals surface area contributed by atoms with Gasteiger partial charge < -0.3 is 14.4 Å². The fourth-order valence-electron chi connectivity index (χ4n) is 4.16. The molecule has 3 rings (SSSR count). The lowest BCUT2D eigenvalue weighted by Crippen LogP contribution is -2.52. The topological polar surface area (TPSA) is 58.4 Å². The summed E-state index contributed by atoms with van der Waals surface area (Å²) in [6.07, 6.45) is 12.9. The van der Waals surface area contributed by atoms with Crippen molar-refractivity contribution in [2.75, 3.05) is 38.2 Å². The number of rotatable bonds is 7. The quantitative estimate of drug-likeness (QED) is 0.730. The van der Waals surface area contributed by atoms with Crippen LogP contribution in [0, 0.1) is 5.41 Å². The Labute approximate surface area is 160 Å². The molecule has 3 heterocycles. The maximum absolute atomic E-state index is 12.3. The molecular weight excluding hydrogens is 348 g/mol. The van der Waals surface area contributed by atoms with Gasteiger partial charge >= 0.3 is 0 Å². The number of hydrogen-bond acceptors (Lipinski definition) is 4. The fraction of sp³-hybridized carbons (Fsp3) is 0.737. The number of thioether (sulfide) groups is 1. The van der Waals surface area contributed by atoms with E-state index in [0.29, 0.717) is 24.7 Å². The van der Waals surface area contributed by atoms with Crippen molar-refractivity contribution >= 4 is 23.6 Å². The Bertz CT molecular complexity index is 597. The molecule has 2 aliphatic heterocycles. The number of piperidine rings is 2. The highest BCUT2D eigenvalue weighted by molar-refractivity contribution is 7.98. The monoisotopic (exact) mass is 378 g/mol. The molecule has 0 N–H and O–H groups in total. The molecular formula is C19H30N4O2S. The molecule has 0 bridgehead atoms. The molecule has 0 aliphatic carbocycles. The molecule has 2 amide bonds. The summed E-state index contributed by atoms with van der Waals surface area (Å²) >= 11 is 1.73. The van der Waals surface area contributed by atoms with Crippen LogP contribution in [0.25, 0.3) is 0 Å². The van der Waals surface area contributed by atoms with E-state index < -0.39 is 0 Å². The van der Waals surface area contributed by atoms with Crippen molar-refractivity contribution in [3.63, 3.8) is 0 Å². The van der Waals surface area contributed by atoms with E-state index in [1.807, 2.05) is 23.7 Å². The van der Waals surface area contributed by atoms with Crippen molar-refractivity contribution < 1.29 is 9.59 Å². The standard InChI is InChI=1S/C19H30N4O2S/c1-26-14-4-18(25)22-11-6-19(7-12-22)5-3-17(24)23(15-19)10-2-9-21-13-8-20-16-21/h8,13,16H,2-7,9-12,14-15H2,1H3. The van der Waals surface area contributed by atoms with Gasteiger partial charge in [0.1, 0.15) is 0 Å². The van der Waals surface area contributed by atoms with Gasteiger partial charge in [0.05, 0.1) is 6.33 Å². The first kappa shape index (κ1) is 19.3. The lowest BCUT2D eigenvalue weighted by molar-refractivity contribution is -0.142. The lowest BCUT2D eigenvalue weighted by Gasteiger charge is -2.47. The third kappa shape index (κ3) is 4.81. The third-order valence-corrected chi connectivity index (χ3v) is 6.46. The number of imidazole rings is 1. The van der Waals surface area contributed by atoms with Gasteiger partial charge in [-0.3, -0.25) is 9.59 Å². The molecule has 2 aliphatic rings. The maximum Gasteiger partial charge on any atom is 0.223 e. The third-order valence-electron chi connectivity index (χ3n) is 5.85. The lowest BCUT2D eigenvalue weighted by atomic mass is 9.72. The van der Waals surface area contributed by atoms with Crippen LogP contribution in [-0.2, 0) is 16.1 Å². The molecule has 0 aromatic carbocycles. The van der Waals surface area contributed by atoms with Crippen LogP contribution in [0.15, 0.2) is 18.7 Å². The minimum Gasteiger partial charge on any atom is -0.343 e. The molecule has 0 atom stereocenters. The van der Waals surface area contributed by atoms with Gasteiger partial charge in [-0.05, 0) is 37.4 Å². The Hall–Kier alpha value is -1.50. The van der Waals surface area contributed by atoms with Crippen molar-refractivity contribution in [3.8, 4) is 0 Å². The molecule has 1 aromatic rings. The van der Waals surface area contributed by atoms with Crippen LogP contribution in [0.5, 0.6) is 0 Å². The highest BCUT2D eigenvalue weighted by atomic mass is 32.2. The summed E-state index contributed by atoms with van der Waals surface area (Å²) in [5.74, 6) is 1.48. The Morgan fingerprint density at radius 1 is 1.27 bits per heavy atom. The zero-order valence-electron chi connectivity index (χ0n) is 15.7. The maximum atomic E-state index is 12.3.